The Bertz CT molecular complexity index is 292. The van der Waals surface area contributed by atoms with Crippen molar-refractivity contribution in [2.75, 3.05) is 26.3 Å². The number of aliphatic hydroxyl groups is 1. The number of nitrogens with zero attached hydrogens (tertiary/aromatic N) is 1. The molecule has 2 aliphatic rings. The summed E-state index contributed by atoms with van der Waals surface area (Å²) in [5.41, 5.74) is 6.07. The Hall–Kier alpha value is -0.650. The Balaban J connectivity index is 1.80. The molecular weight excluding hydrogens is 244 g/mol. The van der Waals surface area contributed by atoms with Crippen LogP contribution in [0.5, 0.6) is 0 Å². The average Bonchev–Trinajstić information content (AvgIpc) is 2.47. The SMILES string of the molecule is NC(CC1CCCCC1)C(=O)N1CCOC(CO)C1. The molecule has 1 heterocycles. The molecule has 5 nitrogen and oxygen atoms in total. The van der Waals surface area contributed by atoms with E-state index in [0.29, 0.717) is 25.6 Å². The lowest BCUT2D eigenvalue weighted by molar-refractivity contribution is -0.142. The Morgan fingerprint density at radius 1 is 1.37 bits per heavy atom. The van der Waals surface area contributed by atoms with Gasteiger partial charge in [0.2, 0.25) is 5.91 Å². The summed E-state index contributed by atoms with van der Waals surface area (Å²) in [6.07, 6.45) is 6.85. The van der Waals surface area contributed by atoms with Gasteiger partial charge in [-0.05, 0) is 12.3 Å². The van der Waals surface area contributed by atoms with Crippen LogP contribution in [0.2, 0.25) is 0 Å². The number of hydrogen-bond donors (Lipinski definition) is 2. The summed E-state index contributed by atoms with van der Waals surface area (Å²) in [6, 6.07) is -0.388. The van der Waals surface area contributed by atoms with Crippen LogP contribution in [-0.2, 0) is 9.53 Å². The first-order valence-corrected chi connectivity index (χ1v) is 7.47. The molecule has 1 saturated carbocycles. The smallest absolute Gasteiger partial charge is 0.239 e. The van der Waals surface area contributed by atoms with E-state index in [9.17, 15) is 4.79 Å². The fourth-order valence-electron chi connectivity index (χ4n) is 3.15. The van der Waals surface area contributed by atoms with Crippen molar-refractivity contribution < 1.29 is 14.6 Å². The third kappa shape index (κ3) is 4.16. The van der Waals surface area contributed by atoms with Gasteiger partial charge in [0, 0.05) is 13.1 Å². The fraction of sp³-hybridized carbons (Fsp3) is 0.929. The van der Waals surface area contributed by atoms with Gasteiger partial charge in [-0.1, -0.05) is 32.1 Å². The highest BCUT2D eigenvalue weighted by Crippen LogP contribution is 2.27. The van der Waals surface area contributed by atoms with Crippen molar-refractivity contribution in [2.24, 2.45) is 11.7 Å². The highest BCUT2D eigenvalue weighted by molar-refractivity contribution is 5.81. The molecule has 19 heavy (non-hydrogen) atoms. The number of ether oxygens (including phenoxy) is 1. The van der Waals surface area contributed by atoms with Gasteiger partial charge in [0.05, 0.1) is 25.4 Å². The molecule has 2 atom stereocenters. The predicted molar refractivity (Wildman–Crippen MR) is 72.6 cm³/mol. The van der Waals surface area contributed by atoms with E-state index in [4.69, 9.17) is 15.6 Å². The summed E-state index contributed by atoms with van der Waals surface area (Å²) in [5.74, 6) is 0.634. The predicted octanol–water partition coefficient (Wildman–Crippen LogP) is 0.504. The molecule has 0 aromatic rings. The Kier molecular flexibility index (Phi) is 5.60. The molecular formula is C14H26N2O3. The third-order valence-corrected chi connectivity index (χ3v) is 4.28. The normalized spacial score (nSPS) is 27.3. The van der Waals surface area contributed by atoms with Crippen LogP contribution in [0.3, 0.4) is 0 Å². The topological polar surface area (TPSA) is 75.8 Å². The molecule has 1 amide bonds. The van der Waals surface area contributed by atoms with E-state index in [2.05, 4.69) is 0 Å². The van der Waals surface area contributed by atoms with E-state index in [0.717, 1.165) is 6.42 Å². The monoisotopic (exact) mass is 270 g/mol. The molecule has 2 fully saturated rings. The summed E-state index contributed by atoms with van der Waals surface area (Å²) in [4.78, 5) is 14.0. The second-order valence-electron chi connectivity index (χ2n) is 5.81. The van der Waals surface area contributed by atoms with Crippen molar-refractivity contribution in [2.45, 2.75) is 50.7 Å². The molecule has 5 heteroatoms. The fourth-order valence-corrected chi connectivity index (χ4v) is 3.15. The van der Waals surface area contributed by atoms with Crippen LogP contribution >= 0.6 is 0 Å². The summed E-state index contributed by atoms with van der Waals surface area (Å²) >= 11 is 0. The first kappa shape index (κ1) is 14.8. The van der Waals surface area contributed by atoms with Crippen molar-refractivity contribution >= 4 is 5.91 Å². The first-order valence-electron chi connectivity index (χ1n) is 7.47. The molecule has 110 valence electrons. The lowest BCUT2D eigenvalue weighted by Crippen LogP contribution is -2.52. The third-order valence-electron chi connectivity index (χ3n) is 4.28. The van der Waals surface area contributed by atoms with Gasteiger partial charge in [-0.25, -0.2) is 0 Å². The van der Waals surface area contributed by atoms with Gasteiger partial charge in [0.15, 0.2) is 0 Å². The Labute approximate surface area is 115 Å². The van der Waals surface area contributed by atoms with Crippen molar-refractivity contribution in [1.82, 2.24) is 4.90 Å². The van der Waals surface area contributed by atoms with Crippen molar-refractivity contribution in [1.29, 1.82) is 0 Å². The van der Waals surface area contributed by atoms with Gasteiger partial charge in [-0.2, -0.15) is 0 Å². The zero-order chi connectivity index (χ0) is 13.7. The van der Waals surface area contributed by atoms with Gasteiger partial charge in [0.1, 0.15) is 0 Å². The van der Waals surface area contributed by atoms with E-state index in [1.165, 1.54) is 32.1 Å². The molecule has 2 unspecified atom stereocenters. The minimum absolute atomic E-state index is 0.0207. The minimum Gasteiger partial charge on any atom is -0.394 e. The van der Waals surface area contributed by atoms with Gasteiger partial charge < -0.3 is 20.5 Å². The molecule has 0 aromatic carbocycles. The molecule has 0 aromatic heterocycles. The number of amides is 1. The van der Waals surface area contributed by atoms with E-state index < -0.39 is 0 Å². The number of rotatable bonds is 4. The molecule has 2 rings (SSSR count). The number of aliphatic hydroxyl groups excluding tert-OH is 1. The van der Waals surface area contributed by atoms with Crippen LogP contribution in [0.1, 0.15) is 38.5 Å². The maximum Gasteiger partial charge on any atom is 0.239 e. The highest BCUT2D eigenvalue weighted by atomic mass is 16.5. The second-order valence-corrected chi connectivity index (χ2v) is 5.81. The lowest BCUT2D eigenvalue weighted by Gasteiger charge is -2.34. The number of carbonyl (C=O) groups is 1. The van der Waals surface area contributed by atoms with E-state index in [1.54, 1.807) is 4.90 Å². The van der Waals surface area contributed by atoms with Gasteiger partial charge in [-0.15, -0.1) is 0 Å². The van der Waals surface area contributed by atoms with Crippen LogP contribution < -0.4 is 5.73 Å². The summed E-state index contributed by atoms with van der Waals surface area (Å²) in [5, 5.41) is 9.10. The van der Waals surface area contributed by atoms with Crippen molar-refractivity contribution in [3.8, 4) is 0 Å². The lowest BCUT2D eigenvalue weighted by atomic mass is 9.84. The van der Waals surface area contributed by atoms with Crippen molar-refractivity contribution in [3.63, 3.8) is 0 Å². The molecule has 1 aliphatic heterocycles. The molecule has 0 radical (unpaired) electrons. The largest absolute Gasteiger partial charge is 0.394 e. The van der Waals surface area contributed by atoms with Gasteiger partial charge >= 0.3 is 0 Å². The Morgan fingerprint density at radius 3 is 2.79 bits per heavy atom. The number of carbonyl (C=O) groups excluding carboxylic acids is 1. The standard InChI is InChI=1S/C14H26N2O3/c15-13(8-11-4-2-1-3-5-11)14(18)16-6-7-19-12(9-16)10-17/h11-13,17H,1-10,15H2. The Morgan fingerprint density at radius 2 is 2.11 bits per heavy atom. The highest BCUT2D eigenvalue weighted by Gasteiger charge is 2.29. The van der Waals surface area contributed by atoms with Crippen molar-refractivity contribution in [3.05, 3.63) is 0 Å². The summed E-state index contributed by atoms with van der Waals surface area (Å²) in [6.45, 7) is 1.51. The van der Waals surface area contributed by atoms with Crippen LogP contribution in [0.15, 0.2) is 0 Å². The minimum atomic E-state index is -0.388. The van der Waals surface area contributed by atoms with E-state index in [-0.39, 0.29) is 24.7 Å². The van der Waals surface area contributed by atoms with Crippen LogP contribution in [0, 0.1) is 5.92 Å². The summed E-state index contributed by atoms with van der Waals surface area (Å²) in [7, 11) is 0. The van der Waals surface area contributed by atoms with E-state index >= 15 is 0 Å². The molecule has 0 spiro atoms. The zero-order valence-electron chi connectivity index (χ0n) is 11.6. The average molecular weight is 270 g/mol. The number of morpholine rings is 1. The van der Waals surface area contributed by atoms with E-state index in [1.807, 2.05) is 0 Å². The first-order chi connectivity index (χ1) is 9.20. The molecule has 1 saturated heterocycles. The molecule has 1 aliphatic carbocycles. The van der Waals surface area contributed by atoms with Gasteiger partial charge in [-0.3, -0.25) is 4.79 Å². The molecule has 3 N–H and O–H groups in total. The van der Waals surface area contributed by atoms with Crippen LogP contribution in [-0.4, -0.2) is 54.4 Å². The van der Waals surface area contributed by atoms with Crippen LogP contribution in [0.4, 0.5) is 0 Å². The summed E-state index contributed by atoms with van der Waals surface area (Å²) < 4.78 is 5.35. The maximum absolute atomic E-state index is 12.3. The second kappa shape index (κ2) is 7.22. The zero-order valence-corrected chi connectivity index (χ0v) is 11.6. The number of nitrogens with two attached hydrogens (primary N) is 1. The van der Waals surface area contributed by atoms with Crippen LogP contribution in [0.25, 0.3) is 0 Å². The maximum atomic E-state index is 12.3. The number of hydrogen-bond acceptors (Lipinski definition) is 4. The van der Waals surface area contributed by atoms with Gasteiger partial charge in [0.25, 0.3) is 0 Å². The molecule has 0 bridgehead atoms. The quantitative estimate of drug-likeness (QED) is 0.780.